The summed E-state index contributed by atoms with van der Waals surface area (Å²) in [6.07, 6.45) is 0. The van der Waals surface area contributed by atoms with Crippen LogP contribution in [0.2, 0.25) is 20.1 Å². The maximum atomic E-state index is 11.3. The van der Waals surface area contributed by atoms with Crippen LogP contribution in [0.15, 0.2) is 82.6 Å². The maximum Gasteiger partial charge on any atom is 0.0730 e. The van der Waals surface area contributed by atoms with Gasteiger partial charge in [-0.25, -0.2) is 0 Å². The molecule has 0 heterocycles. The minimum absolute atomic E-state index is 0.0218. The quantitative estimate of drug-likeness (QED) is 0.268. The molecule has 0 saturated heterocycles. The van der Waals surface area contributed by atoms with Gasteiger partial charge in [-0.15, -0.1) is 0 Å². The maximum absolute atomic E-state index is 11.3. The van der Waals surface area contributed by atoms with Gasteiger partial charge in [0.2, 0.25) is 0 Å². The Bertz CT molecular complexity index is 1340. The summed E-state index contributed by atoms with van der Waals surface area (Å²) in [5.41, 5.74) is 1.91. The van der Waals surface area contributed by atoms with Crippen LogP contribution < -0.4 is 10.2 Å². The van der Waals surface area contributed by atoms with E-state index < -0.39 is 11.9 Å². The molecule has 0 N–H and O–H groups in total. The zero-order valence-electron chi connectivity index (χ0n) is 17.5. The Balaban J connectivity index is 1.58. The van der Waals surface area contributed by atoms with E-state index >= 15 is 0 Å². The van der Waals surface area contributed by atoms with Crippen LogP contribution in [0.3, 0.4) is 0 Å². The summed E-state index contributed by atoms with van der Waals surface area (Å²) < 4.78 is 0. The zero-order chi connectivity index (χ0) is 25.3. The number of benzene rings is 4. The zero-order valence-corrected chi connectivity index (χ0v) is 21.3. The number of hydrogen-bond donors (Lipinski definition) is 0. The van der Waals surface area contributed by atoms with Gasteiger partial charge in [-0.3, -0.25) is 0 Å². The van der Waals surface area contributed by atoms with Crippen LogP contribution in [0.25, 0.3) is 22.3 Å². The molecule has 0 fully saturated rings. The van der Waals surface area contributed by atoms with Crippen LogP contribution >= 0.6 is 58.2 Å². The second kappa shape index (κ2) is 10.5. The first-order valence-corrected chi connectivity index (χ1v) is 12.3. The summed E-state index contributed by atoms with van der Waals surface area (Å²) in [6.45, 7) is 0. The van der Waals surface area contributed by atoms with Gasteiger partial charge in [-0.2, -0.15) is 0 Å². The lowest BCUT2D eigenvalue weighted by Crippen LogP contribution is -2.22. The number of rotatable bonds is 6. The van der Waals surface area contributed by atoms with Gasteiger partial charge in [-0.1, -0.05) is 94.6 Å². The molecule has 4 aromatic carbocycles. The molecule has 4 aromatic rings. The smallest absolute Gasteiger partial charge is 0.0730 e. The molecule has 0 unspecified atom stereocenters. The number of aromatic carboxylic acids is 2. The molecule has 176 valence electrons. The number of hydrogen-bond acceptors (Lipinski definition) is 5. The average molecular weight is 562 g/mol. The van der Waals surface area contributed by atoms with Gasteiger partial charge >= 0.3 is 0 Å². The number of carboxylic acid groups (broad SMARTS) is 2. The van der Waals surface area contributed by atoms with Gasteiger partial charge < -0.3 is 19.8 Å². The second-order valence-electron chi connectivity index (χ2n) is 7.29. The summed E-state index contributed by atoms with van der Waals surface area (Å²) in [7, 11) is 0. The third-order valence-corrected chi connectivity index (χ3v) is 7.57. The van der Waals surface area contributed by atoms with E-state index in [4.69, 9.17) is 46.4 Å². The third-order valence-electron chi connectivity index (χ3n) is 5.14. The van der Waals surface area contributed by atoms with Gasteiger partial charge in [0.15, 0.2) is 0 Å². The Morgan fingerprint density at radius 2 is 0.886 bits per heavy atom. The van der Waals surface area contributed by atoms with E-state index in [0.717, 1.165) is 9.79 Å². The molecule has 0 radical (unpaired) electrons. The summed E-state index contributed by atoms with van der Waals surface area (Å²) in [5.74, 6) is -2.75. The van der Waals surface area contributed by atoms with Crippen molar-refractivity contribution in [1.82, 2.24) is 0 Å². The lowest BCUT2D eigenvalue weighted by atomic mass is 10.0. The molecule has 0 aromatic heterocycles. The predicted octanol–water partition coefficient (Wildman–Crippen LogP) is 6.51. The van der Waals surface area contributed by atoms with E-state index in [2.05, 4.69) is 0 Å². The fourth-order valence-corrected chi connectivity index (χ4v) is 5.61. The molecular formula is C26H12Cl4O4S-2. The topological polar surface area (TPSA) is 80.3 Å². The molecule has 35 heavy (non-hydrogen) atoms. The second-order valence-corrected chi connectivity index (χ2v) is 10.0. The van der Waals surface area contributed by atoms with Crippen LogP contribution in [0, 0.1) is 0 Å². The fourth-order valence-electron chi connectivity index (χ4n) is 3.46. The van der Waals surface area contributed by atoms with E-state index in [0.29, 0.717) is 32.3 Å². The van der Waals surface area contributed by atoms with E-state index in [1.807, 2.05) is 24.3 Å². The normalized spacial score (nSPS) is 10.9. The molecule has 9 heteroatoms. The number of halogens is 4. The predicted molar refractivity (Wildman–Crippen MR) is 137 cm³/mol. The van der Waals surface area contributed by atoms with E-state index in [9.17, 15) is 19.8 Å². The van der Waals surface area contributed by atoms with Gasteiger partial charge in [-0.05, 0) is 47.5 Å². The van der Waals surface area contributed by atoms with Crippen molar-refractivity contribution < 1.29 is 19.8 Å². The minimum atomic E-state index is -1.38. The van der Waals surface area contributed by atoms with Crippen molar-refractivity contribution in [3.63, 3.8) is 0 Å². The highest BCUT2D eigenvalue weighted by atomic mass is 35.5. The third kappa shape index (κ3) is 5.30. The molecule has 0 aliphatic heterocycles. The van der Waals surface area contributed by atoms with E-state index in [1.165, 1.54) is 36.0 Å². The lowest BCUT2D eigenvalue weighted by molar-refractivity contribution is -0.256. The van der Waals surface area contributed by atoms with Crippen LogP contribution in [-0.2, 0) is 0 Å². The molecule has 4 rings (SSSR count). The summed E-state index contributed by atoms with van der Waals surface area (Å²) in [5, 5.41) is 23.3. The average Bonchev–Trinajstić information content (AvgIpc) is 2.81. The van der Waals surface area contributed by atoms with Crippen LogP contribution in [0.1, 0.15) is 20.7 Å². The van der Waals surface area contributed by atoms with Gasteiger partial charge in [0.25, 0.3) is 0 Å². The van der Waals surface area contributed by atoms with Crippen LogP contribution in [0.5, 0.6) is 0 Å². The minimum Gasteiger partial charge on any atom is -0.545 e. The van der Waals surface area contributed by atoms with Crippen molar-refractivity contribution in [2.75, 3.05) is 0 Å². The van der Waals surface area contributed by atoms with Crippen molar-refractivity contribution >= 4 is 70.1 Å². The van der Waals surface area contributed by atoms with E-state index in [1.54, 1.807) is 24.3 Å². The monoisotopic (exact) mass is 560 g/mol. The first kappa shape index (κ1) is 25.4. The fraction of sp³-hybridized carbons (Fsp3) is 0. The van der Waals surface area contributed by atoms with Crippen molar-refractivity contribution in [2.24, 2.45) is 0 Å². The first-order chi connectivity index (χ1) is 16.7. The van der Waals surface area contributed by atoms with Gasteiger partial charge in [0.05, 0.1) is 22.0 Å². The first-order valence-electron chi connectivity index (χ1n) is 9.94. The summed E-state index contributed by atoms with van der Waals surface area (Å²) in [6, 6.07) is 20.2. The largest absolute Gasteiger partial charge is 0.545 e. The number of carboxylic acids is 2. The summed E-state index contributed by atoms with van der Waals surface area (Å²) in [4.78, 5) is 24.4. The SMILES string of the molecule is O=C([O-])c1ccc(Cl)c(-c2ccc(Sc3ccc(-c4c(Cl)ccc(C(=O)[O-])c4Cl)cc3)cc2)c1Cl. The molecule has 0 spiro atoms. The van der Waals surface area contributed by atoms with Crippen LogP contribution in [-0.4, -0.2) is 11.9 Å². The highest BCUT2D eigenvalue weighted by Crippen LogP contribution is 2.40. The summed E-state index contributed by atoms with van der Waals surface area (Å²) >= 11 is 26.5. The Morgan fingerprint density at radius 1 is 0.543 bits per heavy atom. The Kier molecular flexibility index (Phi) is 7.64. The van der Waals surface area contributed by atoms with Crippen molar-refractivity contribution in [2.45, 2.75) is 9.79 Å². The van der Waals surface area contributed by atoms with Gasteiger partial charge in [0.1, 0.15) is 0 Å². The lowest BCUT2D eigenvalue weighted by Gasteiger charge is -2.14. The molecule has 0 bridgehead atoms. The Labute approximate surface area is 225 Å². The molecule has 0 aliphatic carbocycles. The molecular weight excluding hydrogens is 550 g/mol. The molecule has 0 amide bonds. The molecule has 0 aliphatic rings. The van der Waals surface area contributed by atoms with Gasteiger partial charge in [0, 0.05) is 42.1 Å². The van der Waals surface area contributed by atoms with Crippen molar-refractivity contribution in [3.8, 4) is 22.3 Å². The molecule has 0 saturated carbocycles. The van der Waals surface area contributed by atoms with Crippen molar-refractivity contribution in [1.29, 1.82) is 0 Å². The Morgan fingerprint density at radius 3 is 1.20 bits per heavy atom. The van der Waals surface area contributed by atoms with Crippen LogP contribution in [0.4, 0.5) is 0 Å². The Hall–Kier alpha value is -2.67. The number of carbonyl (C=O) groups excluding carboxylic acids is 2. The van der Waals surface area contributed by atoms with Crippen molar-refractivity contribution in [3.05, 3.63) is 104 Å². The standard InChI is InChI=1S/C26H14Cl4O4S/c27-19-11-9-17(25(31)32)23(29)21(19)13-1-5-15(6-2-13)35-16-7-3-14(4-8-16)22-20(28)12-10-18(24(22)30)26(33)34/h1-12H,(H,31,32)(H,33,34)/p-2. The van der Waals surface area contributed by atoms with E-state index in [-0.39, 0.29) is 21.2 Å². The number of carbonyl (C=O) groups is 2. The highest BCUT2D eigenvalue weighted by Gasteiger charge is 2.15. The molecule has 0 atom stereocenters. The highest BCUT2D eigenvalue weighted by molar-refractivity contribution is 7.99. The molecule has 4 nitrogen and oxygen atoms in total.